The second-order valence-electron chi connectivity index (χ2n) is 7.29. The zero-order chi connectivity index (χ0) is 17.8. The van der Waals surface area contributed by atoms with Crippen molar-refractivity contribution in [1.29, 1.82) is 0 Å². The Kier molecular flexibility index (Phi) is 5.40. The predicted molar refractivity (Wildman–Crippen MR) is 104 cm³/mol. The van der Waals surface area contributed by atoms with E-state index in [2.05, 4.69) is 28.0 Å². The maximum Gasteiger partial charge on any atom is 0.125 e. The maximum atomic E-state index is 13.4. The normalized spacial score (nSPS) is 17.3. The average molecular weight is 354 g/mol. The van der Waals surface area contributed by atoms with Gasteiger partial charge in [0.05, 0.1) is 6.61 Å². The first kappa shape index (κ1) is 17.3. The van der Waals surface area contributed by atoms with Crippen LogP contribution < -0.4 is 9.64 Å². The Morgan fingerprint density at radius 3 is 2.62 bits per heavy atom. The van der Waals surface area contributed by atoms with Gasteiger partial charge in [-0.3, -0.25) is 4.90 Å². The Bertz CT molecular complexity index is 741. The summed E-state index contributed by atoms with van der Waals surface area (Å²) in [5.41, 5.74) is 3.95. The molecule has 3 nitrogen and oxygen atoms in total. The molecule has 0 N–H and O–H groups in total. The van der Waals surface area contributed by atoms with Crippen LogP contribution in [-0.4, -0.2) is 44.2 Å². The highest BCUT2D eigenvalue weighted by atomic mass is 19.1. The van der Waals surface area contributed by atoms with Crippen LogP contribution in [0.4, 0.5) is 10.1 Å². The number of halogens is 1. The fourth-order valence-electron chi connectivity index (χ4n) is 4.02. The minimum Gasteiger partial charge on any atom is -0.494 e. The van der Waals surface area contributed by atoms with E-state index in [1.807, 2.05) is 6.07 Å². The minimum atomic E-state index is -0.159. The molecular formula is C22H27FN2O. The summed E-state index contributed by atoms with van der Waals surface area (Å²) < 4.78 is 19.3. The molecule has 0 aromatic heterocycles. The summed E-state index contributed by atoms with van der Waals surface area (Å²) in [4.78, 5) is 4.74. The molecule has 4 heteroatoms. The highest BCUT2D eigenvalue weighted by Crippen LogP contribution is 2.26. The van der Waals surface area contributed by atoms with Crippen molar-refractivity contribution in [2.24, 2.45) is 0 Å². The van der Waals surface area contributed by atoms with Crippen molar-refractivity contribution in [1.82, 2.24) is 4.90 Å². The van der Waals surface area contributed by atoms with E-state index in [-0.39, 0.29) is 5.82 Å². The molecule has 0 spiro atoms. The minimum absolute atomic E-state index is 0.159. The first-order chi connectivity index (χ1) is 12.8. The van der Waals surface area contributed by atoms with E-state index in [0.29, 0.717) is 0 Å². The van der Waals surface area contributed by atoms with Crippen molar-refractivity contribution in [3.05, 3.63) is 59.4 Å². The van der Waals surface area contributed by atoms with Crippen LogP contribution in [0.25, 0.3) is 0 Å². The molecule has 0 unspecified atom stereocenters. The van der Waals surface area contributed by atoms with E-state index in [1.165, 1.54) is 36.5 Å². The fraction of sp³-hybridized carbons (Fsp3) is 0.455. The number of aryl methyl sites for hydroxylation is 2. The molecule has 1 fully saturated rings. The predicted octanol–water partition coefficient (Wildman–Crippen LogP) is 3.91. The number of piperazine rings is 1. The zero-order valence-corrected chi connectivity index (χ0v) is 15.3. The van der Waals surface area contributed by atoms with Gasteiger partial charge in [0.15, 0.2) is 0 Å². The quantitative estimate of drug-likeness (QED) is 0.732. The molecule has 1 heterocycles. The zero-order valence-electron chi connectivity index (χ0n) is 15.3. The third kappa shape index (κ3) is 4.18. The van der Waals surface area contributed by atoms with Crippen molar-refractivity contribution < 1.29 is 9.13 Å². The molecule has 0 amide bonds. The van der Waals surface area contributed by atoms with Gasteiger partial charge in [0.25, 0.3) is 0 Å². The summed E-state index contributed by atoms with van der Waals surface area (Å²) >= 11 is 0. The highest BCUT2D eigenvalue weighted by molar-refractivity contribution is 5.46. The first-order valence-electron chi connectivity index (χ1n) is 9.75. The van der Waals surface area contributed by atoms with Crippen LogP contribution in [-0.2, 0) is 12.8 Å². The molecule has 1 aliphatic heterocycles. The van der Waals surface area contributed by atoms with Crippen LogP contribution in [0.2, 0.25) is 0 Å². The van der Waals surface area contributed by atoms with E-state index in [9.17, 15) is 4.39 Å². The third-order valence-corrected chi connectivity index (χ3v) is 5.50. The molecule has 0 bridgehead atoms. The van der Waals surface area contributed by atoms with E-state index in [1.54, 1.807) is 12.1 Å². The Hall–Kier alpha value is -2.07. The van der Waals surface area contributed by atoms with Gasteiger partial charge in [0.2, 0.25) is 0 Å². The van der Waals surface area contributed by atoms with Crippen LogP contribution in [0.1, 0.15) is 24.0 Å². The van der Waals surface area contributed by atoms with Gasteiger partial charge in [-0.05, 0) is 67.1 Å². The number of benzene rings is 2. The monoisotopic (exact) mass is 354 g/mol. The molecule has 2 aromatic rings. The van der Waals surface area contributed by atoms with Gasteiger partial charge in [0, 0.05) is 38.4 Å². The molecule has 0 radical (unpaired) electrons. The van der Waals surface area contributed by atoms with Crippen molar-refractivity contribution in [2.75, 3.05) is 44.2 Å². The lowest BCUT2D eigenvalue weighted by molar-refractivity contribution is 0.224. The average Bonchev–Trinajstić information content (AvgIpc) is 3.14. The number of ether oxygens (including phenoxy) is 1. The number of hydrogen-bond donors (Lipinski definition) is 0. The highest BCUT2D eigenvalue weighted by Gasteiger charge is 2.17. The lowest BCUT2D eigenvalue weighted by Crippen LogP contribution is -2.46. The molecule has 0 atom stereocenters. The first-order valence-corrected chi connectivity index (χ1v) is 9.75. The molecule has 138 valence electrons. The van der Waals surface area contributed by atoms with Gasteiger partial charge in [-0.2, -0.15) is 0 Å². The van der Waals surface area contributed by atoms with Crippen molar-refractivity contribution in [2.45, 2.75) is 25.7 Å². The molecule has 1 aliphatic carbocycles. The second-order valence-corrected chi connectivity index (χ2v) is 7.29. The number of rotatable bonds is 6. The second kappa shape index (κ2) is 8.09. The standard InChI is InChI=1S/C22H27FN2O/c23-20-6-2-7-21(17-20)25-13-11-24(12-14-25)10-3-15-26-22-9-8-18-4-1-5-19(18)16-22/h2,6-9,16-17H,1,3-5,10-15H2. The van der Waals surface area contributed by atoms with Gasteiger partial charge >= 0.3 is 0 Å². The molecule has 0 saturated carbocycles. The summed E-state index contributed by atoms with van der Waals surface area (Å²) in [6, 6.07) is 13.5. The summed E-state index contributed by atoms with van der Waals surface area (Å²) in [6.45, 7) is 5.78. The lowest BCUT2D eigenvalue weighted by Gasteiger charge is -2.36. The van der Waals surface area contributed by atoms with Gasteiger partial charge in [-0.25, -0.2) is 4.39 Å². The lowest BCUT2D eigenvalue weighted by atomic mass is 10.1. The van der Waals surface area contributed by atoms with Gasteiger partial charge in [0.1, 0.15) is 11.6 Å². The Labute approximate surface area is 155 Å². The van der Waals surface area contributed by atoms with E-state index in [0.717, 1.165) is 57.2 Å². The van der Waals surface area contributed by atoms with Gasteiger partial charge in [-0.15, -0.1) is 0 Å². The van der Waals surface area contributed by atoms with Crippen LogP contribution in [0.15, 0.2) is 42.5 Å². The van der Waals surface area contributed by atoms with Crippen LogP contribution in [0.3, 0.4) is 0 Å². The number of anilines is 1. The van der Waals surface area contributed by atoms with Crippen molar-refractivity contribution >= 4 is 5.69 Å². The Morgan fingerprint density at radius 2 is 1.77 bits per heavy atom. The van der Waals surface area contributed by atoms with Crippen molar-refractivity contribution in [3.8, 4) is 5.75 Å². The van der Waals surface area contributed by atoms with Gasteiger partial charge in [-0.1, -0.05) is 12.1 Å². The molecule has 4 rings (SSSR count). The molecule has 26 heavy (non-hydrogen) atoms. The summed E-state index contributed by atoms with van der Waals surface area (Å²) in [5.74, 6) is 0.857. The van der Waals surface area contributed by atoms with Crippen molar-refractivity contribution in [3.63, 3.8) is 0 Å². The van der Waals surface area contributed by atoms with Gasteiger partial charge < -0.3 is 9.64 Å². The summed E-state index contributed by atoms with van der Waals surface area (Å²) in [6.07, 6.45) is 4.73. The maximum absolute atomic E-state index is 13.4. The SMILES string of the molecule is Fc1cccc(N2CCN(CCCOc3ccc4c(c3)CCC4)CC2)c1. The summed E-state index contributed by atoms with van der Waals surface area (Å²) in [7, 11) is 0. The number of nitrogens with zero attached hydrogens (tertiary/aromatic N) is 2. The van der Waals surface area contributed by atoms with E-state index >= 15 is 0 Å². The van der Waals surface area contributed by atoms with E-state index in [4.69, 9.17) is 4.74 Å². The molecular weight excluding hydrogens is 327 g/mol. The summed E-state index contributed by atoms with van der Waals surface area (Å²) in [5, 5.41) is 0. The van der Waals surface area contributed by atoms with Crippen LogP contribution >= 0.6 is 0 Å². The Balaban J connectivity index is 1.17. The number of fused-ring (bicyclic) bond motifs is 1. The number of hydrogen-bond acceptors (Lipinski definition) is 3. The topological polar surface area (TPSA) is 15.7 Å². The fourth-order valence-corrected chi connectivity index (χ4v) is 4.02. The Morgan fingerprint density at radius 1 is 0.923 bits per heavy atom. The largest absolute Gasteiger partial charge is 0.494 e. The third-order valence-electron chi connectivity index (χ3n) is 5.50. The van der Waals surface area contributed by atoms with Crippen LogP contribution in [0.5, 0.6) is 5.75 Å². The molecule has 2 aromatic carbocycles. The van der Waals surface area contributed by atoms with E-state index < -0.39 is 0 Å². The smallest absolute Gasteiger partial charge is 0.125 e. The van der Waals surface area contributed by atoms with Crippen LogP contribution in [0, 0.1) is 5.82 Å². The molecule has 1 saturated heterocycles. The molecule has 2 aliphatic rings.